The van der Waals surface area contributed by atoms with Crippen molar-refractivity contribution in [2.24, 2.45) is 0 Å². The summed E-state index contributed by atoms with van der Waals surface area (Å²) in [6.07, 6.45) is 1.56. The standard InChI is InChI=1S/C22H18N2O4S/c1-27-20-11-5-3-9-17(20)19(25)14-29-22-23-18-10-4-2-8-16(18)21(26)24(22)13-15-7-6-12-28-15/h2-12H,13-14H2,1H3. The molecule has 0 unspecified atom stereocenters. The molecule has 0 saturated heterocycles. The van der Waals surface area contributed by atoms with E-state index in [1.54, 1.807) is 59.4 Å². The number of para-hydroxylation sites is 2. The zero-order chi connectivity index (χ0) is 20.2. The highest BCUT2D eigenvalue weighted by Crippen LogP contribution is 2.23. The molecule has 0 spiro atoms. The van der Waals surface area contributed by atoms with Crippen LogP contribution in [0.2, 0.25) is 0 Å². The second kappa shape index (κ2) is 8.36. The minimum Gasteiger partial charge on any atom is -0.496 e. The maximum absolute atomic E-state index is 13.1. The van der Waals surface area contributed by atoms with E-state index < -0.39 is 0 Å². The number of rotatable bonds is 7. The van der Waals surface area contributed by atoms with Crippen molar-refractivity contribution in [2.45, 2.75) is 11.7 Å². The van der Waals surface area contributed by atoms with Crippen LogP contribution in [0.4, 0.5) is 0 Å². The zero-order valence-electron chi connectivity index (χ0n) is 15.7. The number of fused-ring (bicyclic) bond motifs is 1. The van der Waals surface area contributed by atoms with E-state index >= 15 is 0 Å². The average Bonchev–Trinajstić information content (AvgIpc) is 3.27. The summed E-state index contributed by atoms with van der Waals surface area (Å²) in [6, 6.07) is 17.8. The molecule has 4 aromatic rings. The molecule has 6 nitrogen and oxygen atoms in total. The number of Topliss-reactive ketones (excluding diaryl/α,β-unsaturated/α-hetero) is 1. The van der Waals surface area contributed by atoms with Gasteiger partial charge in [-0.3, -0.25) is 14.2 Å². The quantitative estimate of drug-likeness (QED) is 0.262. The van der Waals surface area contributed by atoms with Gasteiger partial charge < -0.3 is 9.15 Å². The van der Waals surface area contributed by atoms with Crippen molar-refractivity contribution < 1.29 is 13.9 Å². The van der Waals surface area contributed by atoms with Crippen molar-refractivity contribution in [2.75, 3.05) is 12.9 Å². The normalized spacial score (nSPS) is 10.9. The molecule has 146 valence electrons. The van der Waals surface area contributed by atoms with Crippen LogP contribution in [0.1, 0.15) is 16.1 Å². The van der Waals surface area contributed by atoms with E-state index in [2.05, 4.69) is 4.98 Å². The highest BCUT2D eigenvalue weighted by molar-refractivity contribution is 7.99. The fraction of sp³-hybridized carbons (Fsp3) is 0.136. The Kier molecular flexibility index (Phi) is 5.48. The highest BCUT2D eigenvalue weighted by atomic mass is 32.2. The molecule has 0 aliphatic carbocycles. The topological polar surface area (TPSA) is 74.3 Å². The third kappa shape index (κ3) is 3.95. The number of hydrogen-bond donors (Lipinski definition) is 0. The molecule has 0 radical (unpaired) electrons. The maximum Gasteiger partial charge on any atom is 0.262 e. The van der Waals surface area contributed by atoms with Crippen LogP contribution >= 0.6 is 11.8 Å². The van der Waals surface area contributed by atoms with E-state index in [9.17, 15) is 9.59 Å². The Balaban J connectivity index is 1.68. The molecule has 2 aromatic heterocycles. The van der Waals surface area contributed by atoms with Gasteiger partial charge >= 0.3 is 0 Å². The van der Waals surface area contributed by atoms with E-state index in [0.29, 0.717) is 33.1 Å². The minimum atomic E-state index is -0.167. The minimum absolute atomic E-state index is 0.0978. The van der Waals surface area contributed by atoms with E-state index in [1.807, 2.05) is 12.1 Å². The summed E-state index contributed by atoms with van der Waals surface area (Å²) >= 11 is 1.23. The van der Waals surface area contributed by atoms with Gasteiger partial charge in [-0.1, -0.05) is 36.0 Å². The molecular formula is C22H18N2O4S. The smallest absolute Gasteiger partial charge is 0.262 e. The number of hydrogen-bond acceptors (Lipinski definition) is 6. The molecule has 0 bridgehead atoms. The molecule has 0 saturated carbocycles. The molecule has 7 heteroatoms. The number of carbonyl (C=O) groups is 1. The Bertz CT molecular complexity index is 1220. The Morgan fingerprint density at radius 3 is 2.69 bits per heavy atom. The number of nitrogens with zero attached hydrogens (tertiary/aromatic N) is 2. The van der Waals surface area contributed by atoms with E-state index in [0.717, 1.165) is 0 Å². The van der Waals surface area contributed by atoms with Crippen LogP contribution in [-0.2, 0) is 6.54 Å². The van der Waals surface area contributed by atoms with Crippen LogP contribution in [-0.4, -0.2) is 28.2 Å². The third-order valence-corrected chi connectivity index (χ3v) is 5.44. The van der Waals surface area contributed by atoms with Gasteiger partial charge in [-0.15, -0.1) is 0 Å². The maximum atomic E-state index is 13.1. The Labute approximate surface area is 171 Å². The molecule has 0 amide bonds. The lowest BCUT2D eigenvalue weighted by Crippen LogP contribution is -2.24. The number of ketones is 1. The first kappa shape index (κ1) is 19.0. The van der Waals surface area contributed by atoms with Crippen LogP contribution in [0.5, 0.6) is 5.75 Å². The Morgan fingerprint density at radius 1 is 1.10 bits per heavy atom. The van der Waals surface area contributed by atoms with Crippen LogP contribution in [0.15, 0.2) is 81.3 Å². The van der Waals surface area contributed by atoms with Crippen molar-refractivity contribution in [1.29, 1.82) is 0 Å². The summed E-state index contributed by atoms with van der Waals surface area (Å²) in [5.41, 5.74) is 0.933. The van der Waals surface area contributed by atoms with Gasteiger partial charge in [0, 0.05) is 0 Å². The summed E-state index contributed by atoms with van der Waals surface area (Å²) in [7, 11) is 1.53. The van der Waals surface area contributed by atoms with Gasteiger partial charge in [0.1, 0.15) is 11.5 Å². The lowest BCUT2D eigenvalue weighted by Gasteiger charge is -2.12. The number of thioether (sulfide) groups is 1. The van der Waals surface area contributed by atoms with Crippen LogP contribution < -0.4 is 10.3 Å². The molecule has 4 rings (SSSR count). The predicted octanol–water partition coefficient (Wildman–Crippen LogP) is 4.02. The number of carbonyl (C=O) groups excluding carboxylic acids is 1. The first-order valence-electron chi connectivity index (χ1n) is 8.98. The molecule has 0 N–H and O–H groups in total. The van der Waals surface area contributed by atoms with Gasteiger partial charge in [0.2, 0.25) is 0 Å². The Morgan fingerprint density at radius 2 is 1.90 bits per heavy atom. The van der Waals surface area contributed by atoms with Crippen molar-refractivity contribution >= 4 is 28.4 Å². The molecule has 2 heterocycles. The molecule has 0 aliphatic heterocycles. The summed E-state index contributed by atoms with van der Waals surface area (Å²) in [5.74, 6) is 1.20. The van der Waals surface area contributed by atoms with Crippen molar-refractivity contribution in [3.05, 3.63) is 88.6 Å². The van der Waals surface area contributed by atoms with Gasteiger partial charge in [-0.05, 0) is 36.4 Å². The van der Waals surface area contributed by atoms with Crippen molar-refractivity contribution in [3.63, 3.8) is 0 Å². The van der Waals surface area contributed by atoms with E-state index in [-0.39, 0.29) is 23.6 Å². The van der Waals surface area contributed by atoms with Crippen molar-refractivity contribution in [3.8, 4) is 5.75 Å². The molecule has 29 heavy (non-hydrogen) atoms. The van der Waals surface area contributed by atoms with E-state index in [4.69, 9.17) is 9.15 Å². The molecule has 0 atom stereocenters. The molecular weight excluding hydrogens is 388 g/mol. The highest BCUT2D eigenvalue weighted by Gasteiger charge is 2.17. The molecule has 0 fully saturated rings. The SMILES string of the molecule is COc1ccccc1C(=O)CSc1nc2ccccc2c(=O)n1Cc1ccco1. The predicted molar refractivity (Wildman–Crippen MR) is 112 cm³/mol. The van der Waals surface area contributed by atoms with Gasteiger partial charge in [0.15, 0.2) is 10.9 Å². The fourth-order valence-corrected chi connectivity index (χ4v) is 3.92. The first-order valence-corrected chi connectivity index (χ1v) is 9.97. The average molecular weight is 406 g/mol. The van der Waals surface area contributed by atoms with Gasteiger partial charge in [0.25, 0.3) is 5.56 Å². The van der Waals surface area contributed by atoms with Gasteiger partial charge in [0.05, 0.1) is 42.1 Å². The van der Waals surface area contributed by atoms with Crippen LogP contribution in [0.3, 0.4) is 0 Å². The van der Waals surface area contributed by atoms with E-state index in [1.165, 1.54) is 18.9 Å². The number of benzene rings is 2. The monoisotopic (exact) mass is 406 g/mol. The second-order valence-corrected chi connectivity index (χ2v) is 7.24. The number of aromatic nitrogens is 2. The third-order valence-electron chi connectivity index (χ3n) is 4.46. The van der Waals surface area contributed by atoms with Crippen LogP contribution in [0, 0.1) is 0 Å². The summed E-state index contributed by atoms with van der Waals surface area (Å²) in [4.78, 5) is 30.4. The fourth-order valence-electron chi connectivity index (χ4n) is 3.04. The number of methoxy groups -OCH3 is 1. The van der Waals surface area contributed by atoms with Crippen LogP contribution in [0.25, 0.3) is 10.9 Å². The zero-order valence-corrected chi connectivity index (χ0v) is 16.5. The number of ether oxygens (including phenoxy) is 1. The summed E-state index contributed by atoms with van der Waals surface area (Å²) < 4.78 is 12.2. The first-order chi connectivity index (χ1) is 14.2. The lowest BCUT2D eigenvalue weighted by molar-refractivity contribution is 0.101. The number of furan rings is 1. The second-order valence-electron chi connectivity index (χ2n) is 6.29. The van der Waals surface area contributed by atoms with Gasteiger partial charge in [-0.25, -0.2) is 4.98 Å². The van der Waals surface area contributed by atoms with Gasteiger partial charge in [-0.2, -0.15) is 0 Å². The summed E-state index contributed by atoms with van der Waals surface area (Å²) in [6.45, 7) is 0.245. The largest absolute Gasteiger partial charge is 0.496 e. The summed E-state index contributed by atoms with van der Waals surface area (Å²) in [5, 5.41) is 0.993. The van der Waals surface area contributed by atoms with Crippen molar-refractivity contribution in [1.82, 2.24) is 9.55 Å². The Hall–Kier alpha value is -3.32. The molecule has 0 aliphatic rings. The molecule has 2 aromatic carbocycles. The lowest BCUT2D eigenvalue weighted by atomic mass is 10.1.